The first-order valence-corrected chi connectivity index (χ1v) is 9.89. The molecule has 0 saturated heterocycles. The first-order chi connectivity index (χ1) is 15.4. The molecule has 1 amide bonds. The number of hydrogen-bond donors (Lipinski definition) is 1. The average Bonchev–Trinajstić information content (AvgIpc) is 2.78. The van der Waals surface area contributed by atoms with E-state index in [1.165, 1.54) is 18.2 Å². The van der Waals surface area contributed by atoms with Gasteiger partial charge in [0, 0.05) is 11.1 Å². The number of hydrogen-bond acceptors (Lipinski definition) is 5. The van der Waals surface area contributed by atoms with E-state index < -0.39 is 10.8 Å². The highest BCUT2D eigenvalue weighted by molar-refractivity contribution is 6.30. The van der Waals surface area contributed by atoms with Gasteiger partial charge in [-0.2, -0.15) is 5.26 Å². The Balaban J connectivity index is 1.69. The summed E-state index contributed by atoms with van der Waals surface area (Å²) in [5.74, 6) is -0.113. The fourth-order valence-electron chi connectivity index (χ4n) is 2.81. The maximum Gasteiger partial charge on any atom is 0.293 e. The van der Waals surface area contributed by atoms with Crippen LogP contribution >= 0.6 is 11.6 Å². The number of carbonyl (C=O) groups excluding carboxylic acids is 1. The van der Waals surface area contributed by atoms with E-state index in [0.29, 0.717) is 28.5 Å². The van der Waals surface area contributed by atoms with Gasteiger partial charge < -0.3 is 10.1 Å². The average molecular weight is 448 g/mol. The molecule has 160 valence electrons. The van der Waals surface area contributed by atoms with E-state index in [4.69, 9.17) is 16.3 Å². The second-order valence-corrected chi connectivity index (χ2v) is 7.32. The van der Waals surface area contributed by atoms with Crippen LogP contribution in [0, 0.1) is 28.4 Å². The molecule has 7 nitrogen and oxygen atoms in total. The number of anilines is 1. The minimum atomic E-state index is -0.734. The number of ether oxygens (including phenoxy) is 1. The smallest absolute Gasteiger partial charge is 0.293 e. The van der Waals surface area contributed by atoms with E-state index >= 15 is 0 Å². The van der Waals surface area contributed by atoms with E-state index in [0.717, 1.165) is 5.56 Å². The number of amides is 1. The van der Waals surface area contributed by atoms with Crippen LogP contribution < -0.4 is 10.1 Å². The molecule has 0 heterocycles. The number of rotatable bonds is 7. The summed E-state index contributed by atoms with van der Waals surface area (Å²) in [5, 5.41) is 23.7. The van der Waals surface area contributed by atoms with Crippen LogP contribution in [-0.2, 0) is 11.4 Å². The number of nitro benzene ring substituents is 1. The molecule has 0 aliphatic rings. The molecule has 0 aliphatic carbocycles. The molecule has 3 aromatic rings. The van der Waals surface area contributed by atoms with Crippen LogP contribution in [0.25, 0.3) is 6.08 Å². The van der Waals surface area contributed by atoms with Crippen molar-refractivity contribution in [3.8, 4) is 11.8 Å². The Hall–Kier alpha value is -4.15. The summed E-state index contributed by atoms with van der Waals surface area (Å²) in [5.41, 5.74) is 1.86. The van der Waals surface area contributed by atoms with Crippen molar-refractivity contribution in [1.29, 1.82) is 5.26 Å². The van der Waals surface area contributed by atoms with Crippen LogP contribution in [0.3, 0.4) is 0 Å². The van der Waals surface area contributed by atoms with Crippen molar-refractivity contribution in [2.75, 3.05) is 5.32 Å². The zero-order valence-corrected chi connectivity index (χ0v) is 17.8. The zero-order chi connectivity index (χ0) is 23.1. The third-order valence-electron chi connectivity index (χ3n) is 4.47. The Labute approximate surface area is 189 Å². The molecule has 32 heavy (non-hydrogen) atoms. The molecule has 0 fully saturated rings. The lowest BCUT2D eigenvalue weighted by Gasteiger charge is -2.07. The van der Waals surface area contributed by atoms with Gasteiger partial charge in [-0.15, -0.1) is 0 Å². The van der Waals surface area contributed by atoms with Crippen LogP contribution in [0.15, 0.2) is 72.3 Å². The number of nitro groups is 1. The van der Waals surface area contributed by atoms with E-state index in [-0.39, 0.29) is 16.9 Å². The topological polar surface area (TPSA) is 105 Å². The molecule has 0 aromatic heterocycles. The molecule has 0 atom stereocenters. The van der Waals surface area contributed by atoms with Gasteiger partial charge in [0.1, 0.15) is 29.7 Å². The summed E-state index contributed by atoms with van der Waals surface area (Å²) in [6.45, 7) is 2.08. The SMILES string of the molecule is Cc1ccc(NC(=O)/C(C#N)=C/c2ccc(OCc3ccc(Cl)cc3)cc2)c([N+](=O)[O-])c1. The van der Waals surface area contributed by atoms with Crippen molar-refractivity contribution in [1.82, 2.24) is 0 Å². The van der Waals surface area contributed by atoms with Gasteiger partial charge in [-0.05, 0) is 60.0 Å². The zero-order valence-electron chi connectivity index (χ0n) is 17.0. The summed E-state index contributed by atoms with van der Waals surface area (Å²) in [6, 6.07) is 20.4. The number of nitriles is 1. The summed E-state index contributed by atoms with van der Waals surface area (Å²) in [6.07, 6.45) is 1.40. The third kappa shape index (κ3) is 5.94. The van der Waals surface area contributed by atoms with Crippen LogP contribution in [0.4, 0.5) is 11.4 Å². The van der Waals surface area contributed by atoms with Gasteiger partial charge in [0.2, 0.25) is 0 Å². The third-order valence-corrected chi connectivity index (χ3v) is 4.73. The highest BCUT2D eigenvalue weighted by Gasteiger charge is 2.18. The second-order valence-electron chi connectivity index (χ2n) is 6.89. The molecule has 0 spiro atoms. The van der Waals surface area contributed by atoms with Crippen LogP contribution in [0.1, 0.15) is 16.7 Å². The molecule has 0 aliphatic heterocycles. The van der Waals surface area contributed by atoms with Crippen molar-refractivity contribution in [3.63, 3.8) is 0 Å². The summed E-state index contributed by atoms with van der Waals surface area (Å²) < 4.78 is 5.72. The first-order valence-electron chi connectivity index (χ1n) is 9.51. The molecule has 3 aromatic carbocycles. The quantitative estimate of drug-likeness (QED) is 0.217. The highest BCUT2D eigenvalue weighted by Crippen LogP contribution is 2.26. The largest absolute Gasteiger partial charge is 0.489 e. The lowest BCUT2D eigenvalue weighted by atomic mass is 10.1. The number of aryl methyl sites for hydroxylation is 1. The Morgan fingerprint density at radius 2 is 1.84 bits per heavy atom. The number of halogens is 1. The van der Waals surface area contributed by atoms with Crippen molar-refractivity contribution >= 4 is 35.0 Å². The van der Waals surface area contributed by atoms with Crippen LogP contribution in [0.2, 0.25) is 5.02 Å². The summed E-state index contributed by atoms with van der Waals surface area (Å²) in [7, 11) is 0. The normalized spacial score (nSPS) is 10.8. The Kier molecular flexibility index (Phi) is 7.21. The maximum atomic E-state index is 12.5. The Morgan fingerprint density at radius 3 is 2.47 bits per heavy atom. The van der Waals surface area contributed by atoms with E-state index in [1.807, 2.05) is 18.2 Å². The molecule has 0 unspecified atom stereocenters. The molecule has 0 bridgehead atoms. The number of benzene rings is 3. The van der Waals surface area contributed by atoms with Gasteiger partial charge in [-0.3, -0.25) is 14.9 Å². The van der Waals surface area contributed by atoms with E-state index in [1.54, 1.807) is 49.4 Å². The van der Waals surface area contributed by atoms with Crippen LogP contribution in [0.5, 0.6) is 5.75 Å². The minimum Gasteiger partial charge on any atom is -0.489 e. The number of nitrogens with one attached hydrogen (secondary N) is 1. The van der Waals surface area contributed by atoms with Gasteiger partial charge in [-0.25, -0.2) is 0 Å². The van der Waals surface area contributed by atoms with Gasteiger partial charge in [-0.1, -0.05) is 41.9 Å². The molecular formula is C24H18ClN3O4. The Morgan fingerprint density at radius 1 is 1.16 bits per heavy atom. The predicted octanol–water partition coefficient (Wildman–Crippen LogP) is 5.68. The predicted molar refractivity (Wildman–Crippen MR) is 122 cm³/mol. The van der Waals surface area contributed by atoms with Crippen LogP contribution in [-0.4, -0.2) is 10.8 Å². The van der Waals surface area contributed by atoms with Gasteiger partial charge in [0.15, 0.2) is 0 Å². The molecule has 0 radical (unpaired) electrons. The lowest BCUT2D eigenvalue weighted by Crippen LogP contribution is -2.14. The maximum absolute atomic E-state index is 12.5. The highest BCUT2D eigenvalue weighted by atomic mass is 35.5. The number of carbonyl (C=O) groups is 1. The standard InChI is InChI=1S/C24H18ClN3O4/c1-16-2-11-22(23(12-16)28(30)31)27-24(29)19(14-26)13-17-5-9-21(10-6-17)32-15-18-3-7-20(25)8-4-18/h2-13H,15H2,1H3,(H,27,29)/b19-13+. The fourth-order valence-corrected chi connectivity index (χ4v) is 2.94. The van der Waals surface area contributed by atoms with Crippen molar-refractivity contribution in [3.05, 3.63) is 104 Å². The molecule has 1 N–H and O–H groups in total. The molecule has 0 saturated carbocycles. The van der Waals surface area contributed by atoms with Gasteiger partial charge in [0.25, 0.3) is 11.6 Å². The van der Waals surface area contributed by atoms with Crippen molar-refractivity contribution in [2.24, 2.45) is 0 Å². The molecule has 8 heteroatoms. The monoisotopic (exact) mass is 447 g/mol. The van der Waals surface area contributed by atoms with E-state index in [2.05, 4.69) is 5.32 Å². The Bertz CT molecular complexity index is 1210. The van der Waals surface area contributed by atoms with Crippen molar-refractivity contribution < 1.29 is 14.5 Å². The second kappa shape index (κ2) is 10.2. The van der Waals surface area contributed by atoms with Crippen molar-refractivity contribution in [2.45, 2.75) is 13.5 Å². The van der Waals surface area contributed by atoms with E-state index in [9.17, 15) is 20.2 Å². The van der Waals surface area contributed by atoms with Gasteiger partial charge >= 0.3 is 0 Å². The summed E-state index contributed by atoms with van der Waals surface area (Å²) >= 11 is 5.87. The first kappa shape index (κ1) is 22.5. The summed E-state index contributed by atoms with van der Waals surface area (Å²) in [4.78, 5) is 23.2. The van der Waals surface area contributed by atoms with Gasteiger partial charge in [0.05, 0.1) is 4.92 Å². The minimum absolute atomic E-state index is 0.0256. The fraction of sp³-hybridized carbons (Fsp3) is 0.0833. The lowest BCUT2D eigenvalue weighted by molar-refractivity contribution is -0.384. The molecular weight excluding hydrogens is 430 g/mol. The molecule has 3 rings (SSSR count). The number of nitrogens with zero attached hydrogens (tertiary/aromatic N) is 2.